The molecular formula is C18H20Cl2N4O3S. The number of rotatable bonds is 7. The van der Waals surface area contributed by atoms with Gasteiger partial charge >= 0.3 is 0 Å². The summed E-state index contributed by atoms with van der Waals surface area (Å²) < 4.78 is 5.75. The standard InChI is InChI=1S/C18H20Cl2N4O3S/c19-14-2-1-12(7-15(14)20)9-24-5-6-27-13(10-24)8-22-17(26)11-28-18-21-4-3-16(25)23-18/h1-4,7,13H,5-6,8-11H2,(H,22,26)(H,21,23,25)/t13-/m0/s1. The molecule has 2 heterocycles. The van der Waals surface area contributed by atoms with Gasteiger partial charge in [0.2, 0.25) is 5.91 Å². The predicted octanol–water partition coefficient (Wildman–Crippen LogP) is 2.19. The number of halogens is 2. The highest BCUT2D eigenvalue weighted by molar-refractivity contribution is 7.99. The Morgan fingerprint density at radius 2 is 2.21 bits per heavy atom. The van der Waals surface area contributed by atoms with Gasteiger partial charge < -0.3 is 15.0 Å². The Bertz CT molecular complexity index is 880. The number of aromatic nitrogens is 2. The van der Waals surface area contributed by atoms with Gasteiger partial charge in [-0.1, -0.05) is 41.0 Å². The Morgan fingerprint density at radius 1 is 1.36 bits per heavy atom. The number of amides is 1. The van der Waals surface area contributed by atoms with E-state index in [0.717, 1.165) is 18.7 Å². The van der Waals surface area contributed by atoms with Gasteiger partial charge in [-0.3, -0.25) is 14.5 Å². The maximum absolute atomic E-state index is 12.0. The number of hydrogen-bond donors (Lipinski definition) is 2. The van der Waals surface area contributed by atoms with Crippen LogP contribution < -0.4 is 10.9 Å². The predicted molar refractivity (Wildman–Crippen MR) is 110 cm³/mol. The SMILES string of the molecule is O=C(CSc1nccc(=O)[nH]1)NC[C@H]1CN(Cc2ccc(Cl)c(Cl)c2)CCO1. The number of aromatic amines is 1. The molecule has 7 nitrogen and oxygen atoms in total. The van der Waals surface area contributed by atoms with Crippen LogP contribution in [0.4, 0.5) is 0 Å². The van der Waals surface area contributed by atoms with Gasteiger partial charge in [0.15, 0.2) is 5.16 Å². The van der Waals surface area contributed by atoms with Crippen LogP contribution in [0.15, 0.2) is 40.4 Å². The molecule has 150 valence electrons. The van der Waals surface area contributed by atoms with Crippen LogP contribution in [-0.4, -0.2) is 58.9 Å². The minimum atomic E-state index is -0.240. The first kappa shape index (κ1) is 21.1. The Balaban J connectivity index is 1.42. The molecular weight excluding hydrogens is 423 g/mol. The summed E-state index contributed by atoms with van der Waals surface area (Å²) in [4.78, 5) is 32.1. The second-order valence-corrected chi connectivity index (χ2v) is 8.09. The smallest absolute Gasteiger partial charge is 0.251 e. The summed E-state index contributed by atoms with van der Waals surface area (Å²) in [7, 11) is 0. The zero-order valence-electron chi connectivity index (χ0n) is 15.0. The van der Waals surface area contributed by atoms with Crippen LogP contribution >= 0.6 is 35.0 Å². The number of ether oxygens (including phenoxy) is 1. The summed E-state index contributed by atoms with van der Waals surface area (Å²) in [5.74, 6) is 0.0360. The number of carbonyl (C=O) groups is 1. The van der Waals surface area contributed by atoms with Crippen molar-refractivity contribution in [3.8, 4) is 0 Å². The molecule has 1 aromatic heterocycles. The number of carbonyl (C=O) groups excluding carboxylic acids is 1. The highest BCUT2D eigenvalue weighted by Crippen LogP contribution is 2.23. The van der Waals surface area contributed by atoms with Crippen molar-refractivity contribution in [1.82, 2.24) is 20.2 Å². The van der Waals surface area contributed by atoms with E-state index in [4.69, 9.17) is 27.9 Å². The molecule has 2 aromatic rings. The highest BCUT2D eigenvalue weighted by Gasteiger charge is 2.21. The third kappa shape index (κ3) is 6.49. The fourth-order valence-electron chi connectivity index (χ4n) is 2.78. The Morgan fingerprint density at radius 3 is 3.00 bits per heavy atom. The van der Waals surface area contributed by atoms with Crippen LogP contribution in [0.3, 0.4) is 0 Å². The third-order valence-corrected chi connectivity index (χ3v) is 5.75. The maximum Gasteiger partial charge on any atom is 0.251 e. The lowest BCUT2D eigenvalue weighted by Gasteiger charge is -2.33. The summed E-state index contributed by atoms with van der Waals surface area (Å²) >= 11 is 13.2. The highest BCUT2D eigenvalue weighted by atomic mass is 35.5. The molecule has 0 radical (unpaired) electrons. The van der Waals surface area contributed by atoms with Crippen LogP contribution in [0.1, 0.15) is 5.56 Å². The Hall–Kier alpha value is -1.58. The molecule has 0 spiro atoms. The minimum Gasteiger partial charge on any atom is -0.374 e. The molecule has 1 aliphatic rings. The van der Waals surface area contributed by atoms with Crippen LogP contribution in [0.25, 0.3) is 0 Å². The van der Waals surface area contributed by atoms with Crippen LogP contribution in [0, 0.1) is 0 Å². The first-order valence-electron chi connectivity index (χ1n) is 8.72. The van der Waals surface area contributed by atoms with E-state index in [1.807, 2.05) is 12.1 Å². The van der Waals surface area contributed by atoms with E-state index in [1.165, 1.54) is 24.0 Å². The maximum atomic E-state index is 12.0. The van der Waals surface area contributed by atoms with Crippen molar-refractivity contribution in [2.75, 3.05) is 32.0 Å². The van der Waals surface area contributed by atoms with Crippen LogP contribution in [-0.2, 0) is 16.1 Å². The number of nitrogens with one attached hydrogen (secondary N) is 2. The number of hydrogen-bond acceptors (Lipinski definition) is 6. The van der Waals surface area contributed by atoms with Crippen molar-refractivity contribution in [2.24, 2.45) is 0 Å². The van der Waals surface area contributed by atoms with Gasteiger partial charge in [0, 0.05) is 38.4 Å². The molecule has 0 saturated carbocycles. The first-order valence-corrected chi connectivity index (χ1v) is 10.5. The van der Waals surface area contributed by atoms with Gasteiger partial charge in [-0.15, -0.1) is 0 Å². The molecule has 0 aliphatic carbocycles. The molecule has 28 heavy (non-hydrogen) atoms. The van der Waals surface area contributed by atoms with Gasteiger partial charge in [0.25, 0.3) is 5.56 Å². The van der Waals surface area contributed by atoms with Crippen molar-refractivity contribution in [3.63, 3.8) is 0 Å². The lowest BCUT2D eigenvalue weighted by Crippen LogP contribution is -2.47. The molecule has 2 N–H and O–H groups in total. The normalized spacial score (nSPS) is 17.4. The zero-order chi connectivity index (χ0) is 19.9. The number of benzene rings is 1. The summed E-state index contributed by atoms with van der Waals surface area (Å²) in [6.07, 6.45) is 1.33. The van der Waals surface area contributed by atoms with E-state index < -0.39 is 0 Å². The lowest BCUT2D eigenvalue weighted by atomic mass is 10.2. The monoisotopic (exact) mass is 442 g/mol. The molecule has 1 saturated heterocycles. The molecule has 1 aromatic carbocycles. The van der Waals surface area contributed by atoms with E-state index in [-0.39, 0.29) is 23.3 Å². The number of nitrogens with zero attached hydrogens (tertiary/aromatic N) is 2. The summed E-state index contributed by atoms with van der Waals surface area (Å²) in [6.45, 7) is 3.30. The molecule has 0 unspecified atom stereocenters. The van der Waals surface area contributed by atoms with Crippen molar-refractivity contribution < 1.29 is 9.53 Å². The second-order valence-electron chi connectivity index (χ2n) is 6.31. The average Bonchev–Trinajstić information content (AvgIpc) is 2.68. The van der Waals surface area contributed by atoms with Crippen molar-refractivity contribution in [3.05, 3.63) is 56.4 Å². The topological polar surface area (TPSA) is 87.3 Å². The van der Waals surface area contributed by atoms with E-state index >= 15 is 0 Å². The van der Waals surface area contributed by atoms with Crippen molar-refractivity contribution in [1.29, 1.82) is 0 Å². The summed E-state index contributed by atoms with van der Waals surface area (Å²) in [5, 5.41) is 4.38. The quantitative estimate of drug-likeness (QED) is 0.504. The molecule has 3 rings (SSSR count). The lowest BCUT2D eigenvalue weighted by molar-refractivity contribution is -0.119. The minimum absolute atomic E-state index is 0.0832. The fourth-order valence-corrected chi connectivity index (χ4v) is 3.78. The van der Waals surface area contributed by atoms with Gasteiger partial charge in [-0.05, 0) is 17.7 Å². The zero-order valence-corrected chi connectivity index (χ0v) is 17.3. The van der Waals surface area contributed by atoms with Gasteiger partial charge in [0.1, 0.15) is 0 Å². The summed E-state index contributed by atoms with van der Waals surface area (Å²) in [5.41, 5.74) is 0.843. The van der Waals surface area contributed by atoms with E-state index in [9.17, 15) is 9.59 Å². The number of H-pyrrole nitrogens is 1. The largest absolute Gasteiger partial charge is 0.374 e. The van der Waals surface area contributed by atoms with Crippen LogP contribution in [0.2, 0.25) is 10.0 Å². The molecule has 10 heteroatoms. The first-order chi connectivity index (χ1) is 13.5. The molecule has 1 aliphatic heterocycles. The fraction of sp³-hybridized carbons (Fsp3) is 0.389. The molecule has 1 fully saturated rings. The molecule has 0 bridgehead atoms. The van der Waals surface area contributed by atoms with Crippen molar-refractivity contribution in [2.45, 2.75) is 17.8 Å². The second kappa shape index (κ2) is 10.3. The van der Waals surface area contributed by atoms with E-state index in [1.54, 1.807) is 6.07 Å². The molecule has 1 amide bonds. The van der Waals surface area contributed by atoms with Crippen LogP contribution in [0.5, 0.6) is 0 Å². The van der Waals surface area contributed by atoms with Gasteiger partial charge in [-0.25, -0.2) is 4.98 Å². The number of morpholine rings is 1. The van der Waals surface area contributed by atoms with Gasteiger partial charge in [0.05, 0.1) is 28.5 Å². The van der Waals surface area contributed by atoms with Crippen molar-refractivity contribution >= 4 is 40.9 Å². The summed E-state index contributed by atoms with van der Waals surface area (Å²) in [6, 6.07) is 6.95. The Kier molecular flexibility index (Phi) is 7.75. The van der Waals surface area contributed by atoms with E-state index in [2.05, 4.69) is 20.2 Å². The van der Waals surface area contributed by atoms with E-state index in [0.29, 0.717) is 34.9 Å². The third-order valence-electron chi connectivity index (χ3n) is 4.13. The molecule has 1 atom stereocenters. The number of thioether (sulfide) groups is 1. The van der Waals surface area contributed by atoms with Gasteiger partial charge in [-0.2, -0.15) is 0 Å². The Labute approximate surface area is 176 Å². The average molecular weight is 443 g/mol.